The Labute approximate surface area is 155 Å². The van der Waals surface area contributed by atoms with Gasteiger partial charge >= 0.3 is 5.76 Å². The molecule has 1 N–H and O–H groups in total. The van der Waals surface area contributed by atoms with E-state index < -0.39 is 17.5 Å². The average molecular weight is 369 g/mol. The van der Waals surface area contributed by atoms with Gasteiger partial charge < -0.3 is 9.73 Å². The third-order valence-corrected chi connectivity index (χ3v) is 4.05. The second-order valence-electron chi connectivity index (χ2n) is 6.19. The molecule has 7 heteroatoms. The van der Waals surface area contributed by atoms with E-state index in [-0.39, 0.29) is 12.4 Å². The van der Waals surface area contributed by atoms with E-state index in [0.717, 1.165) is 23.9 Å². The summed E-state index contributed by atoms with van der Waals surface area (Å²) in [6.07, 6.45) is 3.26. The third-order valence-electron chi connectivity index (χ3n) is 4.05. The van der Waals surface area contributed by atoms with Crippen LogP contribution in [0.1, 0.15) is 25.3 Å². The predicted octanol–water partition coefficient (Wildman–Crippen LogP) is 3.62. The maximum Gasteiger partial charge on any atom is 0.437 e. The zero-order chi connectivity index (χ0) is 19.2. The van der Waals surface area contributed by atoms with E-state index in [0.29, 0.717) is 11.3 Å². The van der Waals surface area contributed by atoms with E-state index in [1.54, 1.807) is 0 Å². The number of benzene rings is 2. The number of hydrogen-bond donors (Lipinski definition) is 1. The lowest BCUT2D eigenvalue weighted by molar-refractivity contribution is -0.117. The quantitative estimate of drug-likeness (QED) is 0.690. The zero-order valence-electron chi connectivity index (χ0n) is 14.9. The number of nitrogens with one attached hydrogen (secondary N) is 1. The number of carbonyl (C=O) groups excluding carboxylic acids is 1. The topological polar surface area (TPSA) is 77.1 Å². The van der Waals surface area contributed by atoms with Crippen LogP contribution in [0.4, 0.5) is 10.1 Å². The maximum absolute atomic E-state index is 13.0. The molecule has 0 saturated heterocycles. The van der Waals surface area contributed by atoms with Crippen LogP contribution in [-0.2, 0) is 17.8 Å². The summed E-state index contributed by atoms with van der Waals surface area (Å²) in [4.78, 5) is 24.1. The molecule has 0 radical (unpaired) electrons. The van der Waals surface area contributed by atoms with E-state index in [1.165, 1.54) is 29.8 Å². The Morgan fingerprint density at radius 3 is 2.52 bits per heavy atom. The third kappa shape index (κ3) is 4.91. The van der Waals surface area contributed by atoms with E-state index in [1.807, 2.05) is 24.3 Å². The maximum atomic E-state index is 13.0. The van der Waals surface area contributed by atoms with Gasteiger partial charge in [0.1, 0.15) is 12.4 Å². The van der Waals surface area contributed by atoms with Gasteiger partial charge in [-0.3, -0.25) is 4.79 Å². The van der Waals surface area contributed by atoms with Crippen molar-refractivity contribution in [1.29, 1.82) is 0 Å². The summed E-state index contributed by atoms with van der Waals surface area (Å²) in [5.41, 5.74) is 2.32. The fourth-order valence-corrected chi connectivity index (χ4v) is 2.59. The molecule has 0 aliphatic heterocycles. The molecule has 0 unspecified atom stereocenters. The fraction of sp³-hybridized carbons (Fsp3) is 0.250. The van der Waals surface area contributed by atoms with Crippen molar-refractivity contribution in [3.05, 3.63) is 70.5 Å². The molecule has 0 atom stereocenters. The predicted molar refractivity (Wildman–Crippen MR) is 99.8 cm³/mol. The first-order chi connectivity index (χ1) is 13.0. The van der Waals surface area contributed by atoms with Crippen LogP contribution < -0.4 is 11.1 Å². The first kappa shape index (κ1) is 18.6. The summed E-state index contributed by atoms with van der Waals surface area (Å²) in [7, 11) is 0. The van der Waals surface area contributed by atoms with Crippen LogP contribution in [0.5, 0.6) is 0 Å². The van der Waals surface area contributed by atoms with E-state index >= 15 is 0 Å². The highest BCUT2D eigenvalue weighted by Gasteiger charge is 2.13. The molecule has 1 amide bonds. The van der Waals surface area contributed by atoms with Gasteiger partial charge in [0, 0.05) is 11.3 Å². The lowest BCUT2D eigenvalue weighted by atomic mass is 10.1. The lowest BCUT2D eigenvalue weighted by Gasteiger charge is -2.06. The molecule has 0 aliphatic rings. The lowest BCUT2D eigenvalue weighted by Crippen LogP contribution is -2.25. The summed E-state index contributed by atoms with van der Waals surface area (Å²) in [5, 5.41) is 6.72. The van der Waals surface area contributed by atoms with Crippen LogP contribution in [0.3, 0.4) is 0 Å². The summed E-state index contributed by atoms with van der Waals surface area (Å²) >= 11 is 0. The summed E-state index contributed by atoms with van der Waals surface area (Å²) in [6.45, 7) is 1.86. The van der Waals surface area contributed by atoms with Gasteiger partial charge in [-0.05, 0) is 54.8 Å². The van der Waals surface area contributed by atoms with Gasteiger partial charge in [-0.25, -0.2) is 9.18 Å². The van der Waals surface area contributed by atoms with E-state index in [2.05, 4.69) is 17.3 Å². The van der Waals surface area contributed by atoms with Crippen LogP contribution in [-0.4, -0.2) is 15.7 Å². The van der Waals surface area contributed by atoms with Crippen molar-refractivity contribution in [2.45, 2.75) is 32.7 Å². The Balaban J connectivity index is 1.64. The zero-order valence-corrected chi connectivity index (χ0v) is 14.9. The van der Waals surface area contributed by atoms with E-state index in [9.17, 15) is 14.0 Å². The molecular formula is C20H20FN3O3. The number of amides is 1. The molecule has 6 nitrogen and oxygen atoms in total. The number of rotatable bonds is 7. The standard InChI is InChI=1S/C20H20FN3O3/c1-2-3-4-14-5-11-17(12-6-14)22-18(25)13-24-20(26)27-19(23-24)15-7-9-16(21)10-8-15/h5-12H,2-4,13H2,1H3,(H,22,25). The molecule has 27 heavy (non-hydrogen) atoms. The first-order valence-electron chi connectivity index (χ1n) is 8.78. The van der Waals surface area contributed by atoms with Gasteiger partial charge in [0.15, 0.2) is 0 Å². The Morgan fingerprint density at radius 1 is 1.15 bits per heavy atom. The average Bonchev–Trinajstić information content (AvgIpc) is 3.02. The Hall–Kier alpha value is -3.22. The number of hydrogen-bond acceptors (Lipinski definition) is 4. The van der Waals surface area contributed by atoms with Crippen molar-refractivity contribution in [1.82, 2.24) is 9.78 Å². The number of aromatic nitrogens is 2. The Bertz CT molecular complexity index is 959. The Morgan fingerprint density at radius 2 is 1.85 bits per heavy atom. The molecule has 140 valence electrons. The van der Waals surface area contributed by atoms with Crippen molar-refractivity contribution < 1.29 is 13.6 Å². The largest absolute Gasteiger partial charge is 0.437 e. The number of aryl methyl sites for hydroxylation is 1. The first-order valence-corrected chi connectivity index (χ1v) is 8.78. The van der Waals surface area contributed by atoms with Crippen molar-refractivity contribution in [2.75, 3.05) is 5.32 Å². The van der Waals surface area contributed by atoms with Crippen LogP contribution in [0.2, 0.25) is 0 Å². The molecule has 0 spiro atoms. The van der Waals surface area contributed by atoms with E-state index in [4.69, 9.17) is 4.42 Å². The molecule has 1 aromatic heterocycles. The van der Waals surface area contributed by atoms with Gasteiger partial charge in [-0.2, -0.15) is 4.68 Å². The van der Waals surface area contributed by atoms with Gasteiger partial charge in [0.2, 0.25) is 11.8 Å². The molecule has 2 aromatic carbocycles. The van der Waals surface area contributed by atoms with Gasteiger partial charge in [-0.15, -0.1) is 5.10 Å². The molecule has 3 aromatic rings. The molecule has 0 aliphatic carbocycles. The van der Waals surface area contributed by atoms with Crippen molar-refractivity contribution in [3.8, 4) is 11.5 Å². The highest BCUT2D eigenvalue weighted by atomic mass is 19.1. The summed E-state index contributed by atoms with van der Waals surface area (Å²) < 4.78 is 19.0. The normalized spacial score (nSPS) is 10.7. The van der Waals surface area contributed by atoms with Crippen molar-refractivity contribution in [3.63, 3.8) is 0 Å². The molecule has 1 heterocycles. The second kappa shape index (κ2) is 8.44. The number of halogens is 1. The molecule has 3 rings (SSSR count). The number of nitrogens with zero attached hydrogens (tertiary/aromatic N) is 2. The van der Waals surface area contributed by atoms with Gasteiger partial charge in [0.25, 0.3) is 0 Å². The van der Waals surface area contributed by atoms with Gasteiger partial charge in [-0.1, -0.05) is 25.5 Å². The summed E-state index contributed by atoms with van der Waals surface area (Å²) in [5.74, 6) is -1.51. The number of carbonyl (C=O) groups is 1. The molecule has 0 fully saturated rings. The minimum Gasteiger partial charge on any atom is -0.388 e. The van der Waals surface area contributed by atoms with Crippen LogP contribution >= 0.6 is 0 Å². The van der Waals surface area contributed by atoms with Crippen molar-refractivity contribution >= 4 is 11.6 Å². The number of unbranched alkanes of at least 4 members (excludes halogenated alkanes) is 1. The molecule has 0 saturated carbocycles. The highest BCUT2D eigenvalue weighted by molar-refractivity contribution is 5.90. The van der Waals surface area contributed by atoms with Crippen LogP contribution in [0.25, 0.3) is 11.5 Å². The SMILES string of the molecule is CCCCc1ccc(NC(=O)Cn2nc(-c3ccc(F)cc3)oc2=O)cc1. The second-order valence-corrected chi connectivity index (χ2v) is 6.19. The van der Waals surface area contributed by atoms with Crippen LogP contribution in [0.15, 0.2) is 57.7 Å². The minimum absolute atomic E-state index is 0.0353. The van der Waals surface area contributed by atoms with Gasteiger partial charge in [0.05, 0.1) is 0 Å². The Kier molecular flexibility index (Phi) is 5.80. The number of anilines is 1. The smallest absolute Gasteiger partial charge is 0.388 e. The van der Waals surface area contributed by atoms with Crippen molar-refractivity contribution in [2.24, 2.45) is 0 Å². The molecule has 0 bridgehead atoms. The fourth-order valence-electron chi connectivity index (χ4n) is 2.59. The highest BCUT2D eigenvalue weighted by Crippen LogP contribution is 2.16. The monoisotopic (exact) mass is 369 g/mol. The molecular weight excluding hydrogens is 349 g/mol. The van der Waals surface area contributed by atoms with Crippen LogP contribution in [0, 0.1) is 5.82 Å². The minimum atomic E-state index is -0.751. The summed E-state index contributed by atoms with van der Waals surface area (Å²) in [6, 6.07) is 13.0.